The minimum absolute atomic E-state index is 0.168. The lowest BCUT2D eigenvalue weighted by Gasteiger charge is -2.35. The number of benzene rings is 2. The number of ether oxygens (including phenoxy) is 1. The molecule has 0 aromatic heterocycles. The van der Waals surface area contributed by atoms with E-state index in [4.69, 9.17) is 4.74 Å². The largest absolute Gasteiger partial charge is 0.371 e. The van der Waals surface area contributed by atoms with Gasteiger partial charge in [0.15, 0.2) is 0 Å². The number of hydrogen-bond acceptors (Lipinski definition) is 2. The molecule has 136 valence electrons. The quantitative estimate of drug-likeness (QED) is 0.725. The van der Waals surface area contributed by atoms with E-state index in [9.17, 15) is 9.18 Å². The van der Waals surface area contributed by atoms with E-state index in [1.807, 2.05) is 35.2 Å². The van der Waals surface area contributed by atoms with Gasteiger partial charge in [0.1, 0.15) is 11.9 Å². The van der Waals surface area contributed by atoms with Gasteiger partial charge in [0.2, 0.25) is 5.91 Å². The maximum absolute atomic E-state index is 13.5. The van der Waals surface area contributed by atoms with Crippen molar-refractivity contribution < 1.29 is 13.9 Å². The normalized spacial score (nSPS) is 19.6. The zero-order chi connectivity index (χ0) is 17.9. The number of halogens is 1. The summed E-state index contributed by atoms with van der Waals surface area (Å²) >= 11 is 0. The first-order valence-electron chi connectivity index (χ1n) is 9.44. The van der Waals surface area contributed by atoms with Crippen LogP contribution in [0.5, 0.6) is 0 Å². The van der Waals surface area contributed by atoms with Crippen LogP contribution in [0.15, 0.2) is 54.6 Å². The molecule has 2 aliphatic rings. The fourth-order valence-corrected chi connectivity index (χ4v) is 3.68. The molecule has 0 unspecified atom stereocenters. The fraction of sp³-hybridized carbons (Fsp3) is 0.409. The number of hydrogen-bond donors (Lipinski definition) is 0. The number of likely N-dealkylation sites (tertiary alicyclic amines) is 1. The van der Waals surface area contributed by atoms with E-state index in [-0.39, 0.29) is 23.9 Å². The number of carbonyl (C=O) groups is 1. The van der Waals surface area contributed by atoms with E-state index in [0.29, 0.717) is 18.9 Å². The predicted octanol–water partition coefficient (Wildman–Crippen LogP) is 4.66. The molecule has 1 heterocycles. The van der Waals surface area contributed by atoms with Crippen molar-refractivity contribution in [3.05, 3.63) is 71.5 Å². The highest BCUT2D eigenvalue weighted by molar-refractivity contribution is 5.78. The van der Waals surface area contributed by atoms with E-state index in [1.165, 1.54) is 25.0 Å². The summed E-state index contributed by atoms with van der Waals surface area (Å²) in [6.45, 7) is 1.43. The molecule has 1 saturated carbocycles. The SMILES string of the molecule is O=C1CCCN1[C@@H](c1ccccc1)[C@@H](OCC1CC1)c1ccc(F)cc1. The van der Waals surface area contributed by atoms with Crippen molar-refractivity contribution in [3.8, 4) is 0 Å². The smallest absolute Gasteiger partial charge is 0.223 e. The Morgan fingerprint density at radius 2 is 1.77 bits per heavy atom. The molecule has 0 bridgehead atoms. The van der Waals surface area contributed by atoms with Gasteiger partial charge < -0.3 is 9.64 Å². The first-order valence-corrected chi connectivity index (χ1v) is 9.44. The molecule has 26 heavy (non-hydrogen) atoms. The molecule has 2 aromatic rings. The van der Waals surface area contributed by atoms with E-state index >= 15 is 0 Å². The Bertz CT molecular complexity index is 742. The maximum atomic E-state index is 13.5. The molecule has 1 amide bonds. The zero-order valence-electron chi connectivity index (χ0n) is 14.8. The third-order valence-electron chi connectivity index (χ3n) is 5.28. The predicted molar refractivity (Wildman–Crippen MR) is 97.9 cm³/mol. The summed E-state index contributed by atoms with van der Waals surface area (Å²) in [4.78, 5) is 14.5. The third-order valence-corrected chi connectivity index (χ3v) is 5.28. The molecule has 1 aliphatic carbocycles. The van der Waals surface area contributed by atoms with Gasteiger partial charge in [-0.2, -0.15) is 0 Å². The van der Waals surface area contributed by atoms with Crippen molar-refractivity contribution in [1.29, 1.82) is 0 Å². The molecule has 2 aromatic carbocycles. The Balaban J connectivity index is 1.71. The maximum Gasteiger partial charge on any atom is 0.223 e. The summed E-state index contributed by atoms with van der Waals surface area (Å²) in [5.41, 5.74) is 1.98. The van der Waals surface area contributed by atoms with Gasteiger partial charge in [-0.1, -0.05) is 42.5 Å². The van der Waals surface area contributed by atoms with Gasteiger partial charge in [-0.3, -0.25) is 4.79 Å². The van der Waals surface area contributed by atoms with Gasteiger partial charge in [-0.25, -0.2) is 4.39 Å². The van der Waals surface area contributed by atoms with Crippen molar-refractivity contribution in [3.63, 3.8) is 0 Å². The second kappa shape index (κ2) is 7.58. The van der Waals surface area contributed by atoms with E-state index in [1.54, 1.807) is 12.1 Å². The molecular weight excluding hydrogens is 329 g/mol. The van der Waals surface area contributed by atoms with Crippen LogP contribution in [0.1, 0.15) is 49.0 Å². The van der Waals surface area contributed by atoms with Gasteiger partial charge in [-0.15, -0.1) is 0 Å². The molecule has 2 atom stereocenters. The van der Waals surface area contributed by atoms with Crippen LogP contribution in [0, 0.1) is 11.7 Å². The monoisotopic (exact) mass is 353 g/mol. The van der Waals surface area contributed by atoms with Crippen LogP contribution in [0.4, 0.5) is 4.39 Å². The van der Waals surface area contributed by atoms with Crippen molar-refractivity contribution in [1.82, 2.24) is 4.90 Å². The Hall–Kier alpha value is -2.20. The molecule has 4 heteroatoms. The van der Waals surface area contributed by atoms with Gasteiger partial charge in [-0.05, 0) is 48.4 Å². The Kier molecular flexibility index (Phi) is 5.02. The van der Waals surface area contributed by atoms with E-state index in [0.717, 1.165) is 24.1 Å². The molecule has 4 rings (SSSR count). The summed E-state index contributed by atoms with van der Waals surface area (Å²) in [7, 11) is 0. The Morgan fingerprint density at radius 1 is 1.04 bits per heavy atom. The van der Waals surface area contributed by atoms with Gasteiger partial charge in [0.05, 0.1) is 12.6 Å². The Labute approximate surface area is 153 Å². The summed E-state index contributed by atoms with van der Waals surface area (Å²) in [6.07, 6.45) is 3.58. The first kappa shape index (κ1) is 17.2. The summed E-state index contributed by atoms with van der Waals surface area (Å²) in [5, 5.41) is 0. The summed E-state index contributed by atoms with van der Waals surface area (Å²) < 4.78 is 19.8. The van der Waals surface area contributed by atoms with Crippen LogP contribution in [-0.4, -0.2) is 24.0 Å². The highest BCUT2D eigenvalue weighted by atomic mass is 19.1. The molecule has 0 spiro atoms. The van der Waals surface area contributed by atoms with Crippen LogP contribution in [-0.2, 0) is 9.53 Å². The molecule has 0 radical (unpaired) electrons. The average Bonchev–Trinajstić information content (AvgIpc) is 3.41. The number of rotatable bonds is 7. The average molecular weight is 353 g/mol. The van der Waals surface area contributed by atoms with E-state index in [2.05, 4.69) is 0 Å². The van der Waals surface area contributed by atoms with Crippen molar-refractivity contribution in [2.75, 3.05) is 13.2 Å². The highest BCUT2D eigenvalue weighted by Crippen LogP contribution is 2.41. The lowest BCUT2D eigenvalue weighted by atomic mass is 9.94. The summed E-state index contributed by atoms with van der Waals surface area (Å²) in [5.74, 6) is 0.521. The second-order valence-electron chi connectivity index (χ2n) is 7.30. The second-order valence-corrected chi connectivity index (χ2v) is 7.30. The molecule has 3 nitrogen and oxygen atoms in total. The topological polar surface area (TPSA) is 29.5 Å². The lowest BCUT2D eigenvalue weighted by Crippen LogP contribution is -2.35. The number of amides is 1. The Morgan fingerprint density at radius 3 is 2.38 bits per heavy atom. The molecule has 1 saturated heterocycles. The lowest BCUT2D eigenvalue weighted by molar-refractivity contribution is -0.133. The van der Waals surface area contributed by atoms with Crippen molar-refractivity contribution in [2.45, 2.75) is 37.8 Å². The van der Waals surface area contributed by atoms with Crippen LogP contribution in [0.3, 0.4) is 0 Å². The molecular formula is C22H24FNO2. The molecule has 1 aliphatic heterocycles. The third kappa shape index (κ3) is 3.80. The van der Waals surface area contributed by atoms with Crippen LogP contribution in [0.2, 0.25) is 0 Å². The van der Waals surface area contributed by atoms with Crippen molar-refractivity contribution in [2.24, 2.45) is 5.92 Å². The van der Waals surface area contributed by atoms with Gasteiger partial charge in [0, 0.05) is 13.0 Å². The van der Waals surface area contributed by atoms with Gasteiger partial charge in [0.25, 0.3) is 0 Å². The standard InChI is InChI=1S/C22H24FNO2/c23-19-12-10-18(11-13-19)22(26-15-16-8-9-16)21(17-5-2-1-3-6-17)24-14-4-7-20(24)25/h1-3,5-6,10-13,16,21-22H,4,7-9,14-15H2/t21-,22-/m0/s1. The molecule has 2 fully saturated rings. The van der Waals surface area contributed by atoms with Gasteiger partial charge >= 0.3 is 0 Å². The fourth-order valence-electron chi connectivity index (χ4n) is 3.68. The zero-order valence-corrected chi connectivity index (χ0v) is 14.8. The summed E-state index contributed by atoms with van der Waals surface area (Å²) in [6, 6.07) is 16.4. The molecule has 0 N–H and O–H groups in total. The number of carbonyl (C=O) groups excluding carboxylic acids is 1. The van der Waals surface area contributed by atoms with Crippen LogP contribution < -0.4 is 0 Å². The van der Waals surface area contributed by atoms with Crippen LogP contribution in [0.25, 0.3) is 0 Å². The van der Waals surface area contributed by atoms with E-state index < -0.39 is 0 Å². The van der Waals surface area contributed by atoms with Crippen molar-refractivity contribution >= 4 is 5.91 Å². The first-order chi connectivity index (χ1) is 12.7. The number of nitrogens with zero attached hydrogens (tertiary/aromatic N) is 1. The van der Waals surface area contributed by atoms with Crippen LogP contribution >= 0.6 is 0 Å². The minimum Gasteiger partial charge on any atom is -0.371 e. The highest BCUT2D eigenvalue weighted by Gasteiger charge is 2.37. The minimum atomic E-state index is -0.291.